The zero-order valence-electron chi connectivity index (χ0n) is 16.0. The van der Waals surface area contributed by atoms with E-state index >= 15 is 0 Å². The fourth-order valence-corrected chi connectivity index (χ4v) is 3.24. The molecule has 25 heavy (non-hydrogen) atoms. The first-order valence-electron chi connectivity index (χ1n) is 9.15. The van der Waals surface area contributed by atoms with Crippen LogP contribution in [0.4, 0.5) is 5.69 Å². The van der Waals surface area contributed by atoms with Gasteiger partial charge in [0.2, 0.25) is 11.8 Å². The lowest BCUT2D eigenvalue weighted by molar-refractivity contribution is -0.131. The van der Waals surface area contributed by atoms with Gasteiger partial charge in [0.05, 0.1) is 0 Å². The normalized spacial score (nSPS) is 15.2. The monoisotopic (exact) mass is 345 g/mol. The average Bonchev–Trinajstić information content (AvgIpc) is 2.58. The Morgan fingerprint density at radius 2 is 1.72 bits per heavy atom. The first-order chi connectivity index (χ1) is 11.8. The predicted octanol–water partition coefficient (Wildman–Crippen LogP) is 2.55. The fourth-order valence-electron chi connectivity index (χ4n) is 3.24. The molecule has 0 aromatic heterocycles. The van der Waals surface area contributed by atoms with E-state index in [9.17, 15) is 9.59 Å². The molecule has 1 aromatic rings. The van der Waals surface area contributed by atoms with Gasteiger partial charge in [-0.05, 0) is 23.5 Å². The molecule has 0 unspecified atom stereocenters. The SMILES string of the molecule is CC(=O)NCCCC(=O)N1CCN(c2ccccc2C(C)(C)C)CC1. The number of carbonyl (C=O) groups is 2. The van der Waals surface area contributed by atoms with Gasteiger partial charge in [0.25, 0.3) is 0 Å². The van der Waals surface area contributed by atoms with E-state index in [1.807, 2.05) is 4.90 Å². The largest absolute Gasteiger partial charge is 0.368 e. The molecule has 1 aromatic carbocycles. The van der Waals surface area contributed by atoms with Gasteiger partial charge in [0.15, 0.2) is 0 Å². The number of anilines is 1. The average molecular weight is 345 g/mol. The lowest BCUT2D eigenvalue weighted by Crippen LogP contribution is -2.49. The molecule has 1 aliphatic rings. The maximum Gasteiger partial charge on any atom is 0.222 e. The van der Waals surface area contributed by atoms with E-state index in [-0.39, 0.29) is 17.2 Å². The summed E-state index contributed by atoms with van der Waals surface area (Å²) in [6, 6.07) is 8.57. The number of piperazine rings is 1. The summed E-state index contributed by atoms with van der Waals surface area (Å²) in [5.74, 6) is 0.146. The molecule has 1 N–H and O–H groups in total. The van der Waals surface area contributed by atoms with Gasteiger partial charge < -0.3 is 15.1 Å². The smallest absolute Gasteiger partial charge is 0.222 e. The van der Waals surface area contributed by atoms with Gasteiger partial charge in [-0.1, -0.05) is 39.0 Å². The first-order valence-corrected chi connectivity index (χ1v) is 9.15. The molecule has 0 aliphatic carbocycles. The lowest BCUT2D eigenvalue weighted by Gasteiger charge is -2.38. The standard InChI is InChI=1S/C20H31N3O2/c1-16(24)21-11-7-10-19(25)23-14-12-22(13-15-23)18-9-6-5-8-17(18)20(2,3)4/h5-6,8-9H,7,10-15H2,1-4H3,(H,21,24). The van der Waals surface area contributed by atoms with Crippen molar-refractivity contribution in [3.63, 3.8) is 0 Å². The molecule has 5 nitrogen and oxygen atoms in total. The second kappa shape index (κ2) is 8.37. The van der Waals surface area contributed by atoms with Crippen molar-refractivity contribution in [2.45, 2.75) is 46.0 Å². The summed E-state index contributed by atoms with van der Waals surface area (Å²) in [5, 5.41) is 2.73. The summed E-state index contributed by atoms with van der Waals surface area (Å²) >= 11 is 0. The van der Waals surface area contributed by atoms with E-state index in [0.29, 0.717) is 19.4 Å². The number of nitrogens with zero attached hydrogens (tertiary/aromatic N) is 2. The minimum absolute atomic E-state index is 0.0430. The van der Waals surface area contributed by atoms with E-state index < -0.39 is 0 Å². The third kappa shape index (κ3) is 5.48. The molecule has 5 heteroatoms. The van der Waals surface area contributed by atoms with Crippen LogP contribution in [0.25, 0.3) is 0 Å². The summed E-state index contributed by atoms with van der Waals surface area (Å²) in [6.45, 7) is 12.0. The molecule has 0 bridgehead atoms. The number of hydrogen-bond acceptors (Lipinski definition) is 3. The van der Waals surface area contributed by atoms with Crippen LogP contribution in [-0.2, 0) is 15.0 Å². The molecule has 0 radical (unpaired) electrons. The molecule has 1 aliphatic heterocycles. The van der Waals surface area contributed by atoms with Crippen molar-refractivity contribution in [3.05, 3.63) is 29.8 Å². The van der Waals surface area contributed by atoms with Crippen LogP contribution in [0.1, 0.15) is 46.1 Å². The molecule has 1 fully saturated rings. The van der Waals surface area contributed by atoms with Crippen LogP contribution in [0.5, 0.6) is 0 Å². The minimum Gasteiger partial charge on any atom is -0.368 e. The molecule has 138 valence electrons. The van der Waals surface area contributed by atoms with Crippen LogP contribution in [0, 0.1) is 0 Å². The third-order valence-electron chi connectivity index (χ3n) is 4.63. The van der Waals surface area contributed by atoms with Crippen LogP contribution in [0.3, 0.4) is 0 Å². The van der Waals surface area contributed by atoms with Gasteiger partial charge in [0, 0.05) is 51.8 Å². The van der Waals surface area contributed by atoms with E-state index in [2.05, 4.69) is 55.3 Å². The van der Waals surface area contributed by atoms with Crippen LogP contribution in [0.15, 0.2) is 24.3 Å². The Kier molecular flexibility index (Phi) is 6.45. The van der Waals surface area contributed by atoms with E-state index in [1.54, 1.807) is 0 Å². The van der Waals surface area contributed by atoms with E-state index in [1.165, 1.54) is 18.2 Å². The Morgan fingerprint density at radius 3 is 2.32 bits per heavy atom. The van der Waals surface area contributed by atoms with Crippen molar-refractivity contribution >= 4 is 17.5 Å². The number of amides is 2. The Bertz CT molecular complexity index is 599. The number of para-hydroxylation sites is 1. The second-order valence-electron chi connectivity index (χ2n) is 7.72. The van der Waals surface area contributed by atoms with Crippen molar-refractivity contribution < 1.29 is 9.59 Å². The summed E-state index contributed by atoms with van der Waals surface area (Å²) < 4.78 is 0. The van der Waals surface area contributed by atoms with Crippen molar-refractivity contribution in [2.24, 2.45) is 0 Å². The van der Waals surface area contributed by atoms with Crippen LogP contribution < -0.4 is 10.2 Å². The molecule has 1 heterocycles. The molecule has 0 atom stereocenters. The number of rotatable bonds is 5. The van der Waals surface area contributed by atoms with Gasteiger partial charge >= 0.3 is 0 Å². The Labute approximate surface area is 151 Å². The minimum atomic E-state index is -0.0430. The van der Waals surface area contributed by atoms with Crippen LogP contribution in [0.2, 0.25) is 0 Å². The molecular formula is C20H31N3O2. The number of benzene rings is 1. The summed E-state index contributed by atoms with van der Waals surface area (Å²) in [6.07, 6.45) is 1.20. The summed E-state index contributed by atoms with van der Waals surface area (Å²) in [4.78, 5) is 27.5. The maximum absolute atomic E-state index is 12.3. The number of hydrogen-bond donors (Lipinski definition) is 1. The van der Waals surface area contributed by atoms with Crippen molar-refractivity contribution in [1.29, 1.82) is 0 Å². The molecule has 0 saturated carbocycles. The predicted molar refractivity (Wildman–Crippen MR) is 102 cm³/mol. The summed E-state index contributed by atoms with van der Waals surface area (Å²) in [5.41, 5.74) is 2.74. The highest BCUT2D eigenvalue weighted by atomic mass is 16.2. The first kappa shape index (κ1) is 19.3. The summed E-state index contributed by atoms with van der Waals surface area (Å²) in [7, 11) is 0. The van der Waals surface area contributed by atoms with E-state index in [0.717, 1.165) is 26.2 Å². The highest BCUT2D eigenvalue weighted by Gasteiger charge is 2.25. The van der Waals surface area contributed by atoms with Crippen molar-refractivity contribution in [1.82, 2.24) is 10.2 Å². The van der Waals surface area contributed by atoms with Crippen molar-refractivity contribution in [2.75, 3.05) is 37.6 Å². The highest BCUT2D eigenvalue weighted by Crippen LogP contribution is 2.32. The molecule has 2 amide bonds. The highest BCUT2D eigenvalue weighted by molar-refractivity contribution is 5.77. The second-order valence-corrected chi connectivity index (χ2v) is 7.72. The van der Waals surface area contributed by atoms with Crippen molar-refractivity contribution in [3.8, 4) is 0 Å². The molecular weight excluding hydrogens is 314 g/mol. The molecule has 1 saturated heterocycles. The topological polar surface area (TPSA) is 52.7 Å². The van der Waals surface area contributed by atoms with Gasteiger partial charge in [0.1, 0.15) is 0 Å². The fraction of sp³-hybridized carbons (Fsp3) is 0.600. The number of carbonyl (C=O) groups excluding carboxylic acids is 2. The van der Waals surface area contributed by atoms with Crippen LogP contribution in [-0.4, -0.2) is 49.4 Å². The maximum atomic E-state index is 12.3. The quantitative estimate of drug-likeness (QED) is 0.835. The van der Waals surface area contributed by atoms with Gasteiger partial charge in [-0.2, -0.15) is 0 Å². The van der Waals surface area contributed by atoms with Gasteiger partial charge in [-0.15, -0.1) is 0 Å². The molecule has 0 spiro atoms. The van der Waals surface area contributed by atoms with E-state index in [4.69, 9.17) is 0 Å². The Morgan fingerprint density at radius 1 is 1.08 bits per heavy atom. The van der Waals surface area contributed by atoms with Gasteiger partial charge in [-0.3, -0.25) is 9.59 Å². The molecule has 2 rings (SSSR count). The lowest BCUT2D eigenvalue weighted by atomic mass is 9.85. The zero-order valence-corrected chi connectivity index (χ0v) is 16.0. The number of nitrogens with one attached hydrogen (secondary N) is 1. The van der Waals surface area contributed by atoms with Gasteiger partial charge in [-0.25, -0.2) is 0 Å². The zero-order chi connectivity index (χ0) is 18.4. The Hall–Kier alpha value is -2.04. The van der Waals surface area contributed by atoms with Crippen LogP contribution >= 0.6 is 0 Å². The third-order valence-corrected chi connectivity index (χ3v) is 4.63. The Balaban J connectivity index is 1.88.